The minimum atomic E-state index is 0.148. The Morgan fingerprint density at radius 3 is 2.33 bits per heavy atom. The minimum absolute atomic E-state index is 0.148. The number of hydrogen-bond acceptors (Lipinski definition) is 2. The third kappa shape index (κ3) is 3.09. The number of nitrogens with zero attached hydrogens (tertiary/aromatic N) is 2. The molecule has 1 amide bonds. The molecule has 0 aromatic heterocycles. The van der Waals surface area contributed by atoms with Gasteiger partial charge in [0.1, 0.15) is 0 Å². The third-order valence-electron chi connectivity index (χ3n) is 5.22. The van der Waals surface area contributed by atoms with Crippen LogP contribution in [0.3, 0.4) is 0 Å². The molecule has 3 heteroatoms. The Morgan fingerprint density at radius 2 is 1.67 bits per heavy atom. The monoisotopic (exact) mass is 320 g/mol. The van der Waals surface area contributed by atoms with Crippen LogP contribution in [-0.4, -0.2) is 41.4 Å². The van der Waals surface area contributed by atoms with Gasteiger partial charge in [-0.15, -0.1) is 0 Å². The van der Waals surface area contributed by atoms with E-state index < -0.39 is 0 Å². The van der Waals surface area contributed by atoms with E-state index in [9.17, 15) is 4.79 Å². The molecule has 2 aromatic rings. The molecule has 2 aliphatic rings. The van der Waals surface area contributed by atoms with Crippen molar-refractivity contribution in [3.05, 3.63) is 71.3 Å². The van der Waals surface area contributed by atoms with E-state index in [-0.39, 0.29) is 11.9 Å². The average molecular weight is 320 g/mol. The van der Waals surface area contributed by atoms with Crippen molar-refractivity contribution in [2.75, 3.05) is 19.6 Å². The minimum Gasteiger partial charge on any atom is -0.329 e. The van der Waals surface area contributed by atoms with Gasteiger partial charge in [0.2, 0.25) is 0 Å². The van der Waals surface area contributed by atoms with Gasteiger partial charge >= 0.3 is 0 Å². The van der Waals surface area contributed by atoms with Crippen LogP contribution in [0.15, 0.2) is 54.6 Å². The number of benzene rings is 2. The average Bonchev–Trinajstić information content (AvgIpc) is 3.47. The molecule has 1 saturated heterocycles. The standard InChI is InChI=1S/C21H24N2O/c1-16-7-9-18(10-8-16)21(24)23-14-13-22(19-11-12-19)15-20(23)17-5-3-2-4-6-17/h2-10,19-20H,11-15H2,1H3. The van der Waals surface area contributed by atoms with E-state index in [2.05, 4.69) is 41.0 Å². The number of rotatable bonds is 3. The number of aryl methyl sites for hydroxylation is 1. The van der Waals surface area contributed by atoms with Crippen LogP contribution in [0.25, 0.3) is 0 Å². The van der Waals surface area contributed by atoms with E-state index in [0.717, 1.165) is 31.2 Å². The van der Waals surface area contributed by atoms with Crippen molar-refractivity contribution in [3.63, 3.8) is 0 Å². The Bertz CT molecular complexity index is 706. The Labute approximate surface area is 143 Å². The second-order valence-electron chi connectivity index (χ2n) is 7.02. The van der Waals surface area contributed by atoms with Gasteiger partial charge in [-0.2, -0.15) is 0 Å². The molecular formula is C21H24N2O. The maximum Gasteiger partial charge on any atom is 0.254 e. The first-order valence-electron chi connectivity index (χ1n) is 8.89. The normalized spacial score (nSPS) is 21.7. The maximum absolute atomic E-state index is 13.1. The SMILES string of the molecule is Cc1ccc(C(=O)N2CCN(C3CC3)CC2c2ccccc2)cc1. The molecule has 4 rings (SSSR count). The van der Waals surface area contributed by atoms with E-state index in [1.54, 1.807) is 0 Å². The van der Waals surface area contributed by atoms with Gasteiger partial charge in [-0.1, -0.05) is 48.0 Å². The van der Waals surface area contributed by atoms with Crippen LogP contribution in [0, 0.1) is 6.92 Å². The van der Waals surface area contributed by atoms with E-state index in [1.165, 1.54) is 24.0 Å². The largest absolute Gasteiger partial charge is 0.329 e. The predicted octanol–water partition coefficient (Wildman–Crippen LogP) is 3.66. The topological polar surface area (TPSA) is 23.6 Å². The summed E-state index contributed by atoms with van der Waals surface area (Å²) in [5.41, 5.74) is 3.22. The van der Waals surface area contributed by atoms with E-state index in [4.69, 9.17) is 0 Å². The number of piperazine rings is 1. The smallest absolute Gasteiger partial charge is 0.254 e. The third-order valence-corrected chi connectivity index (χ3v) is 5.22. The quantitative estimate of drug-likeness (QED) is 0.862. The summed E-state index contributed by atoms with van der Waals surface area (Å²) in [7, 11) is 0. The highest BCUT2D eigenvalue weighted by molar-refractivity contribution is 5.94. The number of carbonyl (C=O) groups is 1. The molecular weight excluding hydrogens is 296 g/mol. The first kappa shape index (κ1) is 15.4. The summed E-state index contributed by atoms with van der Waals surface area (Å²) in [5.74, 6) is 0.152. The molecule has 1 aliphatic carbocycles. The van der Waals surface area contributed by atoms with Crippen molar-refractivity contribution in [1.29, 1.82) is 0 Å². The first-order chi connectivity index (χ1) is 11.7. The van der Waals surface area contributed by atoms with Crippen molar-refractivity contribution in [1.82, 2.24) is 9.80 Å². The van der Waals surface area contributed by atoms with E-state index in [0.29, 0.717) is 0 Å². The van der Waals surface area contributed by atoms with Crippen molar-refractivity contribution in [2.24, 2.45) is 0 Å². The number of amides is 1. The lowest BCUT2D eigenvalue weighted by Crippen LogP contribution is -2.51. The van der Waals surface area contributed by atoms with Crippen LogP contribution in [0.4, 0.5) is 0 Å². The Morgan fingerprint density at radius 1 is 0.958 bits per heavy atom. The molecule has 0 bridgehead atoms. The van der Waals surface area contributed by atoms with Crippen LogP contribution in [0.5, 0.6) is 0 Å². The van der Waals surface area contributed by atoms with Crippen LogP contribution in [-0.2, 0) is 0 Å². The van der Waals surface area contributed by atoms with Crippen LogP contribution in [0.2, 0.25) is 0 Å². The second kappa shape index (κ2) is 6.40. The summed E-state index contributed by atoms with van der Waals surface area (Å²) >= 11 is 0. The maximum atomic E-state index is 13.1. The van der Waals surface area contributed by atoms with Crippen molar-refractivity contribution >= 4 is 5.91 Å². The van der Waals surface area contributed by atoms with Gasteiger partial charge < -0.3 is 4.90 Å². The highest BCUT2D eigenvalue weighted by Crippen LogP contribution is 2.34. The van der Waals surface area contributed by atoms with E-state index in [1.807, 2.05) is 30.3 Å². The van der Waals surface area contributed by atoms with Gasteiger partial charge in [0, 0.05) is 31.2 Å². The molecule has 1 atom stereocenters. The Hall–Kier alpha value is -2.13. The van der Waals surface area contributed by atoms with Gasteiger partial charge in [0.05, 0.1) is 6.04 Å². The lowest BCUT2D eigenvalue weighted by Gasteiger charge is -2.42. The second-order valence-corrected chi connectivity index (χ2v) is 7.02. The highest BCUT2D eigenvalue weighted by atomic mass is 16.2. The van der Waals surface area contributed by atoms with Gasteiger partial charge in [0.25, 0.3) is 5.91 Å². The summed E-state index contributed by atoms with van der Waals surface area (Å²) in [5, 5.41) is 0. The number of hydrogen-bond donors (Lipinski definition) is 0. The van der Waals surface area contributed by atoms with Gasteiger partial charge in [0.15, 0.2) is 0 Å². The number of carbonyl (C=O) groups excluding carboxylic acids is 1. The Kier molecular flexibility index (Phi) is 4.11. The summed E-state index contributed by atoms with van der Waals surface area (Å²) in [6.45, 7) is 4.80. The lowest BCUT2D eigenvalue weighted by molar-refractivity contribution is 0.0433. The molecule has 0 spiro atoms. The molecule has 124 valence electrons. The lowest BCUT2D eigenvalue weighted by atomic mass is 10.0. The molecule has 1 heterocycles. The highest BCUT2D eigenvalue weighted by Gasteiger charge is 2.37. The first-order valence-corrected chi connectivity index (χ1v) is 8.89. The molecule has 1 unspecified atom stereocenters. The molecule has 0 N–H and O–H groups in total. The molecule has 2 fully saturated rings. The summed E-state index contributed by atoms with van der Waals surface area (Å²) in [6.07, 6.45) is 2.63. The Balaban J connectivity index is 1.61. The fourth-order valence-corrected chi connectivity index (χ4v) is 3.64. The van der Waals surface area contributed by atoms with Crippen molar-refractivity contribution in [2.45, 2.75) is 31.8 Å². The van der Waals surface area contributed by atoms with Crippen LogP contribution < -0.4 is 0 Å². The zero-order valence-electron chi connectivity index (χ0n) is 14.2. The van der Waals surface area contributed by atoms with Gasteiger partial charge in [-0.3, -0.25) is 9.69 Å². The molecule has 2 aromatic carbocycles. The summed E-state index contributed by atoms with van der Waals surface area (Å²) < 4.78 is 0. The molecule has 1 saturated carbocycles. The predicted molar refractivity (Wildman–Crippen MR) is 96.0 cm³/mol. The van der Waals surface area contributed by atoms with Crippen LogP contribution in [0.1, 0.15) is 40.4 Å². The summed E-state index contributed by atoms with van der Waals surface area (Å²) in [4.78, 5) is 17.7. The van der Waals surface area contributed by atoms with E-state index >= 15 is 0 Å². The molecule has 0 radical (unpaired) electrons. The zero-order valence-corrected chi connectivity index (χ0v) is 14.2. The fourth-order valence-electron chi connectivity index (χ4n) is 3.64. The fraction of sp³-hybridized carbons (Fsp3) is 0.381. The summed E-state index contributed by atoms with van der Waals surface area (Å²) in [6, 6.07) is 19.3. The zero-order chi connectivity index (χ0) is 16.5. The van der Waals surface area contributed by atoms with Gasteiger partial charge in [-0.25, -0.2) is 0 Å². The molecule has 1 aliphatic heterocycles. The van der Waals surface area contributed by atoms with Crippen molar-refractivity contribution in [3.8, 4) is 0 Å². The van der Waals surface area contributed by atoms with Gasteiger partial charge in [-0.05, 0) is 37.5 Å². The van der Waals surface area contributed by atoms with Crippen molar-refractivity contribution < 1.29 is 4.79 Å². The molecule has 24 heavy (non-hydrogen) atoms. The molecule has 3 nitrogen and oxygen atoms in total. The van der Waals surface area contributed by atoms with Crippen LogP contribution >= 0.6 is 0 Å².